The average Bonchev–Trinajstić information content (AvgIpc) is 3.03. The van der Waals surface area contributed by atoms with Crippen LogP contribution in [0.15, 0.2) is 51.7 Å². The van der Waals surface area contributed by atoms with E-state index < -0.39 is 11.9 Å². The zero-order valence-corrected chi connectivity index (χ0v) is 19.8. The quantitative estimate of drug-likeness (QED) is 0.459. The van der Waals surface area contributed by atoms with E-state index in [1.807, 2.05) is 38.1 Å². The Labute approximate surface area is 193 Å². The van der Waals surface area contributed by atoms with Crippen LogP contribution in [0.2, 0.25) is 0 Å². The van der Waals surface area contributed by atoms with Gasteiger partial charge < -0.3 is 14.1 Å². The molecule has 1 amide bonds. The number of ether oxygens (including phenoxy) is 1. The Balaban J connectivity index is 1.81. The van der Waals surface area contributed by atoms with Gasteiger partial charge in [-0.15, -0.1) is 0 Å². The van der Waals surface area contributed by atoms with E-state index in [1.165, 1.54) is 18.2 Å². The Morgan fingerprint density at radius 2 is 1.79 bits per heavy atom. The van der Waals surface area contributed by atoms with Gasteiger partial charge in [0.15, 0.2) is 5.43 Å². The topological polar surface area (TPSA) is 59.8 Å². The molecular formula is C27H30FNO4. The highest BCUT2D eigenvalue weighted by molar-refractivity contribution is 5.99. The van der Waals surface area contributed by atoms with Gasteiger partial charge in [-0.3, -0.25) is 9.59 Å². The predicted octanol–water partition coefficient (Wildman–Crippen LogP) is 5.59. The minimum atomic E-state index is -0.593. The third-order valence-corrected chi connectivity index (χ3v) is 6.01. The van der Waals surface area contributed by atoms with Gasteiger partial charge in [0.25, 0.3) is 5.91 Å². The van der Waals surface area contributed by atoms with E-state index in [4.69, 9.17) is 9.15 Å². The molecule has 0 radical (unpaired) electrons. The summed E-state index contributed by atoms with van der Waals surface area (Å²) < 4.78 is 25.4. The van der Waals surface area contributed by atoms with Gasteiger partial charge in [-0.1, -0.05) is 45.0 Å². The Bertz CT molecular complexity index is 1240. The number of fused-ring (bicyclic) bond motifs is 2. The van der Waals surface area contributed by atoms with Crippen LogP contribution in [0, 0.1) is 5.82 Å². The van der Waals surface area contributed by atoms with Gasteiger partial charge in [-0.25, -0.2) is 4.39 Å². The normalized spacial score (nSPS) is 16.2. The molecule has 4 rings (SSSR count). The zero-order chi connectivity index (χ0) is 23.9. The molecule has 0 aliphatic carbocycles. The fraction of sp³-hybridized carbons (Fsp3) is 0.407. The summed E-state index contributed by atoms with van der Waals surface area (Å²) in [7, 11) is 0. The van der Waals surface area contributed by atoms with Crippen molar-refractivity contribution in [1.82, 2.24) is 4.90 Å². The van der Waals surface area contributed by atoms with Gasteiger partial charge in [-0.2, -0.15) is 0 Å². The van der Waals surface area contributed by atoms with Crippen LogP contribution in [0.25, 0.3) is 11.0 Å². The maximum atomic E-state index is 13.9. The third kappa shape index (κ3) is 4.44. The second-order valence-corrected chi connectivity index (χ2v) is 9.86. The fourth-order valence-corrected chi connectivity index (χ4v) is 4.29. The van der Waals surface area contributed by atoms with Gasteiger partial charge in [0, 0.05) is 13.2 Å². The first-order chi connectivity index (χ1) is 15.6. The second-order valence-electron chi connectivity index (χ2n) is 9.86. The lowest BCUT2D eigenvalue weighted by Crippen LogP contribution is -2.31. The van der Waals surface area contributed by atoms with Crippen molar-refractivity contribution in [2.45, 2.75) is 58.6 Å². The molecule has 1 aromatic heterocycles. The standard InChI is InChI=1S/C27H30FNO4/c1-16(2)32-14-6-13-29-23(17-7-9-18(10-8-17)27(3,4)5)22-24(30)20-15-19(28)11-12-21(20)33-25(22)26(29)31/h7-12,15-16,23H,6,13-14H2,1-5H3. The molecule has 1 unspecified atom stereocenters. The van der Waals surface area contributed by atoms with Crippen LogP contribution < -0.4 is 5.43 Å². The van der Waals surface area contributed by atoms with Gasteiger partial charge in [0.2, 0.25) is 5.76 Å². The number of halogens is 1. The van der Waals surface area contributed by atoms with Crippen LogP contribution in [0.5, 0.6) is 0 Å². The van der Waals surface area contributed by atoms with Crippen molar-refractivity contribution in [3.63, 3.8) is 0 Å². The first kappa shape index (κ1) is 23.2. The second kappa shape index (κ2) is 8.75. The summed E-state index contributed by atoms with van der Waals surface area (Å²) in [6, 6.07) is 11.2. The number of rotatable bonds is 6. The Morgan fingerprint density at radius 3 is 2.42 bits per heavy atom. The number of amides is 1. The molecule has 0 saturated carbocycles. The zero-order valence-electron chi connectivity index (χ0n) is 19.8. The van der Waals surface area contributed by atoms with Gasteiger partial charge in [-0.05, 0) is 55.0 Å². The van der Waals surface area contributed by atoms with E-state index in [9.17, 15) is 14.0 Å². The summed E-state index contributed by atoms with van der Waals surface area (Å²) in [6.45, 7) is 11.2. The van der Waals surface area contributed by atoms with E-state index in [2.05, 4.69) is 20.8 Å². The van der Waals surface area contributed by atoms with Crippen LogP contribution in [0.3, 0.4) is 0 Å². The van der Waals surface area contributed by atoms with Crippen LogP contribution in [0.1, 0.15) is 74.3 Å². The molecule has 174 valence electrons. The number of carbonyl (C=O) groups excluding carboxylic acids is 1. The van der Waals surface area contributed by atoms with E-state index in [0.717, 1.165) is 11.1 Å². The number of hydrogen-bond donors (Lipinski definition) is 0. The van der Waals surface area contributed by atoms with Crippen molar-refractivity contribution in [3.8, 4) is 0 Å². The molecule has 3 aromatic rings. The largest absolute Gasteiger partial charge is 0.450 e. The molecule has 0 saturated heterocycles. The van der Waals surface area contributed by atoms with Crippen molar-refractivity contribution in [2.24, 2.45) is 0 Å². The summed E-state index contributed by atoms with van der Waals surface area (Å²) in [5, 5.41) is 0.142. The monoisotopic (exact) mass is 451 g/mol. The van der Waals surface area contributed by atoms with Crippen LogP contribution >= 0.6 is 0 Å². The number of carbonyl (C=O) groups is 1. The van der Waals surface area contributed by atoms with Crippen molar-refractivity contribution >= 4 is 16.9 Å². The average molecular weight is 452 g/mol. The number of nitrogens with zero attached hydrogens (tertiary/aromatic N) is 1. The molecule has 0 bridgehead atoms. The number of benzene rings is 2. The molecular weight excluding hydrogens is 421 g/mol. The Hall–Kier alpha value is -2.99. The SMILES string of the molecule is CC(C)OCCCN1C(=O)c2oc3ccc(F)cc3c(=O)c2C1c1ccc(C(C)(C)C)cc1. The third-order valence-electron chi connectivity index (χ3n) is 6.01. The predicted molar refractivity (Wildman–Crippen MR) is 126 cm³/mol. The van der Waals surface area contributed by atoms with E-state index in [1.54, 1.807) is 4.90 Å². The summed E-state index contributed by atoms with van der Waals surface area (Å²) in [4.78, 5) is 28.5. The molecule has 33 heavy (non-hydrogen) atoms. The molecule has 1 aliphatic rings. The van der Waals surface area contributed by atoms with E-state index in [-0.39, 0.29) is 45.1 Å². The summed E-state index contributed by atoms with van der Waals surface area (Å²) in [5.41, 5.74) is 2.06. The molecule has 2 heterocycles. The summed E-state index contributed by atoms with van der Waals surface area (Å²) >= 11 is 0. The highest BCUT2D eigenvalue weighted by Crippen LogP contribution is 2.39. The van der Waals surface area contributed by atoms with Crippen molar-refractivity contribution in [1.29, 1.82) is 0 Å². The molecule has 0 fully saturated rings. The van der Waals surface area contributed by atoms with Gasteiger partial charge in [0.05, 0.1) is 23.1 Å². The van der Waals surface area contributed by atoms with E-state index >= 15 is 0 Å². The highest BCUT2D eigenvalue weighted by Gasteiger charge is 2.42. The van der Waals surface area contributed by atoms with Gasteiger partial charge in [0.1, 0.15) is 11.4 Å². The van der Waals surface area contributed by atoms with Crippen molar-refractivity contribution < 1.29 is 18.3 Å². The van der Waals surface area contributed by atoms with Crippen LogP contribution in [-0.2, 0) is 10.2 Å². The maximum absolute atomic E-state index is 13.9. The van der Waals surface area contributed by atoms with Crippen molar-refractivity contribution in [2.75, 3.05) is 13.2 Å². The lowest BCUT2D eigenvalue weighted by molar-refractivity contribution is 0.0593. The lowest BCUT2D eigenvalue weighted by Gasteiger charge is -2.26. The molecule has 5 nitrogen and oxygen atoms in total. The van der Waals surface area contributed by atoms with E-state index in [0.29, 0.717) is 19.6 Å². The molecule has 1 aliphatic heterocycles. The lowest BCUT2D eigenvalue weighted by atomic mass is 9.86. The first-order valence-electron chi connectivity index (χ1n) is 11.4. The summed E-state index contributed by atoms with van der Waals surface area (Å²) in [5.74, 6) is -0.815. The van der Waals surface area contributed by atoms with Crippen LogP contribution in [-0.4, -0.2) is 30.1 Å². The highest BCUT2D eigenvalue weighted by atomic mass is 19.1. The summed E-state index contributed by atoms with van der Waals surface area (Å²) in [6.07, 6.45) is 0.720. The minimum absolute atomic E-state index is 0.0252. The Morgan fingerprint density at radius 1 is 1.09 bits per heavy atom. The molecule has 1 atom stereocenters. The first-order valence-corrected chi connectivity index (χ1v) is 11.4. The number of hydrogen-bond acceptors (Lipinski definition) is 4. The van der Waals surface area contributed by atoms with Gasteiger partial charge >= 0.3 is 0 Å². The smallest absolute Gasteiger partial charge is 0.290 e. The van der Waals surface area contributed by atoms with Crippen LogP contribution in [0.4, 0.5) is 4.39 Å². The molecule has 0 spiro atoms. The minimum Gasteiger partial charge on any atom is -0.450 e. The molecule has 2 aromatic carbocycles. The van der Waals surface area contributed by atoms with Crippen molar-refractivity contribution in [3.05, 3.63) is 81.0 Å². The fourth-order valence-electron chi connectivity index (χ4n) is 4.29. The molecule has 6 heteroatoms. The maximum Gasteiger partial charge on any atom is 0.290 e. The molecule has 0 N–H and O–H groups in total. The Kier molecular flexibility index (Phi) is 6.14.